The van der Waals surface area contributed by atoms with E-state index < -0.39 is 11.2 Å². The van der Waals surface area contributed by atoms with Crippen molar-refractivity contribution in [1.82, 2.24) is 19.8 Å². The van der Waals surface area contributed by atoms with Gasteiger partial charge in [0.15, 0.2) is 5.69 Å². The molecule has 34 heavy (non-hydrogen) atoms. The molecule has 188 valence electrons. The zero-order chi connectivity index (χ0) is 25.3. The Morgan fingerprint density at radius 1 is 1.24 bits per heavy atom. The summed E-state index contributed by atoms with van der Waals surface area (Å²) >= 11 is 1.56. The lowest BCUT2D eigenvalue weighted by Gasteiger charge is -2.27. The Hall–Kier alpha value is -2.92. The van der Waals surface area contributed by atoms with Crippen molar-refractivity contribution in [2.75, 3.05) is 36.8 Å². The van der Waals surface area contributed by atoms with E-state index >= 15 is 0 Å². The molecule has 0 saturated heterocycles. The second kappa shape index (κ2) is 13.1. The number of anilines is 2. The molecule has 0 aliphatic rings. The number of nitrogens with zero attached hydrogens (tertiary/aromatic N) is 3. The normalized spacial score (nSPS) is 11.2. The molecule has 0 saturated carbocycles. The molecule has 2 rings (SSSR count). The maximum absolute atomic E-state index is 13.3. The number of unbranched alkanes of at least 4 members (excludes halogenated alkanes) is 1. The molecule has 0 spiro atoms. The lowest BCUT2D eigenvalue weighted by molar-refractivity contribution is -0.124. The van der Waals surface area contributed by atoms with Crippen molar-refractivity contribution in [3.63, 3.8) is 0 Å². The highest BCUT2D eigenvalue weighted by atomic mass is 32.1. The highest BCUT2D eigenvalue weighted by molar-refractivity contribution is 7.09. The van der Waals surface area contributed by atoms with Gasteiger partial charge in [0.05, 0.1) is 19.6 Å². The Morgan fingerprint density at radius 2 is 1.97 bits per heavy atom. The Morgan fingerprint density at radius 3 is 2.56 bits per heavy atom. The molecular formula is C23H36N6O4S. The van der Waals surface area contributed by atoms with Crippen LogP contribution in [-0.2, 0) is 22.7 Å². The summed E-state index contributed by atoms with van der Waals surface area (Å²) in [5.74, 6) is -0.454. The summed E-state index contributed by atoms with van der Waals surface area (Å²) in [6.07, 6.45) is 1.46. The lowest BCUT2D eigenvalue weighted by atomic mass is 10.2. The molecular weight excluding hydrogens is 456 g/mol. The highest BCUT2D eigenvalue weighted by Gasteiger charge is 2.26. The number of H-pyrrole nitrogens is 1. The highest BCUT2D eigenvalue weighted by Crippen LogP contribution is 2.19. The summed E-state index contributed by atoms with van der Waals surface area (Å²) in [6.45, 7) is 9.19. The third-order valence-corrected chi connectivity index (χ3v) is 6.16. The molecule has 0 fully saturated rings. The van der Waals surface area contributed by atoms with Gasteiger partial charge >= 0.3 is 5.69 Å². The molecule has 0 unspecified atom stereocenters. The van der Waals surface area contributed by atoms with Crippen molar-refractivity contribution < 1.29 is 9.59 Å². The first-order chi connectivity index (χ1) is 16.2. The van der Waals surface area contributed by atoms with Gasteiger partial charge in [-0.15, -0.1) is 11.3 Å². The van der Waals surface area contributed by atoms with E-state index in [1.165, 1.54) is 9.47 Å². The standard InChI is InChI=1S/C23H36N6O4S/c1-5-7-10-28(20-21(24)29(13-16(3)4)23(33)26-22(20)32)19(31)15-27(6-2)14-18(30)25-12-17-9-8-11-34-17/h8-9,11,16H,5-7,10,12-15,24H2,1-4H3,(H,25,30)(H,26,32,33). The van der Waals surface area contributed by atoms with E-state index in [-0.39, 0.29) is 48.9 Å². The van der Waals surface area contributed by atoms with Gasteiger partial charge in [0.25, 0.3) is 5.56 Å². The molecule has 0 aromatic carbocycles. The van der Waals surface area contributed by atoms with Crippen LogP contribution in [0.1, 0.15) is 45.4 Å². The molecule has 10 nitrogen and oxygen atoms in total. The number of hydrogen-bond acceptors (Lipinski definition) is 7. The smallest absolute Gasteiger partial charge is 0.330 e. The van der Waals surface area contributed by atoms with Crippen LogP contribution in [0.2, 0.25) is 0 Å². The number of nitrogen functional groups attached to an aromatic ring is 1. The zero-order valence-corrected chi connectivity index (χ0v) is 21.2. The summed E-state index contributed by atoms with van der Waals surface area (Å²) in [4.78, 5) is 57.2. The van der Waals surface area contributed by atoms with Crippen LogP contribution in [0.4, 0.5) is 11.5 Å². The van der Waals surface area contributed by atoms with Gasteiger partial charge in [0.1, 0.15) is 5.82 Å². The molecule has 4 N–H and O–H groups in total. The average Bonchev–Trinajstić information content (AvgIpc) is 3.30. The van der Waals surface area contributed by atoms with Crippen LogP contribution >= 0.6 is 11.3 Å². The van der Waals surface area contributed by atoms with Crippen molar-refractivity contribution in [2.45, 2.75) is 53.6 Å². The van der Waals surface area contributed by atoms with Crippen LogP contribution in [0.25, 0.3) is 0 Å². The molecule has 0 atom stereocenters. The summed E-state index contributed by atoms with van der Waals surface area (Å²) in [6, 6.07) is 3.87. The second-order valence-electron chi connectivity index (χ2n) is 8.56. The Balaban J connectivity index is 2.22. The lowest BCUT2D eigenvalue weighted by Crippen LogP contribution is -2.47. The summed E-state index contributed by atoms with van der Waals surface area (Å²) in [5.41, 5.74) is 4.94. The molecule has 2 amide bonds. The summed E-state index contributed by atoms with van der Waals surface area (Å²) < 4.78 is 1.29. The van der Waals surface area contributed by atoms with E-state index in [0.29, 0.717) is 26.1 Å². The third-order valence-electron chi connectivity index (χ3n) is 5.28. The molecule has 2 aromatic heterocycles. The van der Waals surface area contributed by atoms with Gasteiger partial charge in [-0.25, -0.2) is 4.79 Å². The molecule has 0 bridgehead atoms. The monoisotopic (exact) mass is 492 g/mol. The van der Waals surface area contributed by atoms with Crippen molar-refractivity contribution in [2.24, 2.45) is 5.92 Å². The topological polar surface area (TPSA) is 134 Å². The number of carbonyl (C=O) groups is 2. The van der Waals surface area contributed by atoms with Gasteiger partial charge in [-0.05, 0) is 30.3 Å². The van der Waals surface area contributed by atoms with E-state index in [1.54, 1.807) is 16.2 Å². The van der Waals surface area contributed by atoms with Gasteiger partial charge in [-0.2, -0.15) is 0 Å². The number of thiophene rings is 1. The van der Waals surface area contributed by atoms with Crippen molar-refractivity contribution in [3.8, 4) is 0 Å². The molecule has 0 aliphatic carbocycles. The number of hydrogen-bond donors (Lipinski definition) is 3. The third kappa shape index (κ3) is 7.56. The number of carbonyl (C=O) groups excluding carboxylic acids is 2. The van der Waals surface area contributed by atoms with Gasteiger partial charge < -0.3 is 16.0 Å². The number of likely N-dealkylation sites (N-methyl/N-ethyl adjacent to an activating group) is 1. The van der Waals surface area contributed by atoms with Crippen LogP contribution < -0.4 is 27.2 Å². The van der Waals surface area contributed by atoms with Crippen molar-refractivity contribution in [1.29, 1.82) is 0 Å². The van der Waals surface area contributed by atoms with Crippen molar-refractivity contribution in [3.05, 3.63) is 43.2 Å². The van der Waals surface area contributed by atoms with E-state index in [4.69, 9.17) is 5.73 Å². The van der Waals surface area contributed by atoms with Gasteiger partial charge in [-0.1, -0.05) is 40.2 Å². The fourth-order valence-electron chi connectivity index (χ4n) is 3.48. The van der Waals surface area contributed by atoms with Crippen LogP contribution in [0.3, 0.4) is 0 Å². The van der Waals surface area contributed by atoms with Gasteiger partial charge in [-0.3, -0.25) is 28.8 Å². The van der Waals surface area contributed by atoms with Crippen LogP contribution in [-0.4, -0.2) is 52.4 Å². The summed E-state index contributed by atoms with van der Waals surface area (Å²) in [7, 11) is 0. The minimum atomic E-state index is -0.691. The molecule has 0 aliphatic heterocycles. The summed E-state index contributed by atoms with van der Waals surface area (Å²) in [5, 5.41) is 4.81. The number of nitrogens with two attached hydrogens (primary N) is 1. The van der Waals surface area contributed by atoms with Crippen LogP contribution in [0.5, 0.6) is 0 Å². The average molecular weight is 493 g/mol. The van der Waals surface area contributed by atoms with Crippen molar-refractivity contribution >= 4 is 34.7 Å². The van der Waals surface area contributed by atoms with E-state index in [2.05, 4.69) is 10.3 Å². The minimum Gasteiger partial charge on any atom is -0.383 e. The van der Waals surface area contributed by atoms with Gasteiger partial charge in [0, 0.05) is 18.0 Å². The number of aromatic amines is 1. The van der Waals surface area contributed by atoms with E-state index in [9.17, 15) is 19.2 Å². The predicted octanol–water partition coefficient (Wildman–Crippen LogP) is 1.61. The number of rotatable bonds is 13. The Bertz CT molecular complexity index is 1060. The second-order valence-corrected chi connectivity index (χ2v) is 9.59. The molecule has 2 heterocycles. The molecule has 2 aromatic rings. The predicted molar refractivity (Wildman–Crippen MR) is 136 cm³/mol. The first kappa shape index (κ1) is 27.3. The largest absolute Gasteiger partial charge is 0.383 e. The number of amides is 2. The number of aromatic nitrogens is 2. The zero-order valence-electron chi connectivity index (χ0n) is 20.4. The fraction of sp³-hybridized carbons (Fsp3) is 0.565. The maximum atomic E-state index is 13.3. The first-order valence-corrected chi connectivity index (χ1v) is 12.5. The van der Waals surface area contributed by atoms with Gasteiger partial charge in [0.2, 0.25) is 11.8 Å². The maximum Gasteiger partial charge on any atom is 0.330 e. The minimum absolute atomic E-state index is 0.0168. The quantitative estimate of drug-likeness (QED) is 0.389. The van der Waals surface area contributed by atoms with E-state index in [1.807, 2.05) is 45.2 Å². The Kier molecular flexibility index (Phi) is 10.5. The van der Waals surface area contributed by atoms with E-state index in [0.717, 1.165) is 11.3 Å². The number of nitrogens with one attached hydrogen (secondary N) is 2. The van der Waals surface area contributed by atoms with Crippen LogP contribution in [0, 0.1) is 5.92 Å². The fourth-order valence-corrected chi connectivity index (χ4v) is 4.12. The molecule has 0 radical (unpaired) electrons. The Labute approximate surface area is 203 Å². The first-order valence-electron chi connectivity index (χ1n) is 11.6. The SMILES string of the molecule is CCCCN(C(=O)CN(CC)CC(=O)NCc1cccs1)c1c(N)n(CC(C)C)c(=O)[nH]c1=O. The molecule has 11 heteroatoms. The van der Waals surface area contributed by atoms with Crippen LogP contribution in [0.15, 0.2) is 27.1 Å².